The van der Waals surface area contributed by atoms with Crippen LogP contribution < -0.4 is 11.1 Å². The summed E-state index contributed by atoms with van der Waals surface area (Å²) >= 11 is 5.99. The van der Waals surface area contributed by atoms with Crippen molar-refractivity contribution in [3.63, 3.8) is 0 Å². The highest BCUT2D eigenvalue weighted by Crippen LogP contribution is 2.29. The second-order valence-electron chi connectivity index (χ2n) is 6.20. The minimum atomic E-state index is -0.532. The van der Waals surface area contributed by atoms with E-state index >= 15 is 0 Å². The summed E-state index contributed by atoms with van der Waals surface area (Å²) in [5, 5.41) is 3.49. The highest BCUT2D eigenvalue weighted by molar-refractivity contribution is 6.30. The summed E-state index contributed by atoms with van der Waals surface area (Å²) in [6.45, 7) is 5.02. The molecule has 0 radical (unpaired) electrons. The average molecular weight is 360 g/mol. The van der Waals surface area contributed by atoms with Crippen LogP contribution in [0.15, 0.2) is 24.3 Å². The largest absolute Gasteiger partial charge is 0.350 e. The van der Waals surface area contributed by atoms with Crippen LogP contribution in [0.4, 0.5) is 0 Å². The van der Waals surface area contributed by atoms with Crippen molar-refractivity contribution in [2.45, 2.75) is 32.4 Å². The summed E-state index contributed by atoms with van der Waals surface area (Å²) in [6.07, 6.45) is 0.225. The lowest BCUT2D eigenvalue weighted by molar-refractivity contribution is -0.138. The van der Waals surface area contributed by atoms with E-state index in [-0.39, 0.29) is 36.6 Å². The molecule has 7 heteroatoms. The molecule has 1 saturated heterocycles. The van der Waals surface area contributed by atoms with Gasteiger partial charge in [0.1, 0.15) is 0 Å². The Kier molecular flexibility index (Phi) is 6.86. The van der Waals surface area contributed by atoms with E-state index in [2.05, 4.69) is 5.32 Å². The van der Waals surface area contributed by atoms with Gasteiger partial charge < -0.3 is 16.0 Å². The standard InChI is InChI=1S/C16H22ClN3O2.ClH/c1-16(2)13(9-14(21)19-16)15(22)20(7-6-18)10-11-4-3-5-12(17)8-11;/h3-5,8,13H,6-7,9-10,18H2,1-2H3,(H,19,21);1H. The van der Waals surface area contributed by atoms with Crippen LogP contribution in [-0.4, -0.2) is 35.3 Å². The van der Waals surface area contributed by atoms with Crippen molar-refractivity contribution in [2.24, 2.45) is 11.7 Å². The van der Waals surface area contributed by atoms with E-state index in [9.17, 15) is 9.59 Å². The Bertz CT molecular complexity index is 578. The number of rotatable bonds is 5. The predicted octanol–water partition coefficient (Wildman–Crippen LogP) is 1.96. The van der Waals surface area contributed by atoms with Crippen LogP contribution >= 0.6 is 24.0 Å². The lowest BCUT2D eigenvalue weighted by atomic mass is 9.88. The molecule has 1 aromatic carbocycles. The predicted molar refractivity (Wildman–Crippen MR) is 93.5 cm³/mol. The fourth-order valence-corrected chi connectivity index (χ4v) is 3.05. The van der Waals surface area contributed by atoms with E-state index in [0.717, 1.165) is 5.56 Å². The molecular weight excluding hydrogens is 337 g/mol. The summed E-state index contributed by atoms with van der Waals surface area (Å²) in [5.74, 6) is -0.502. The highest BCUT2D eigenvalue weighted by Gasteiger charge is 2.44. The summed E-state index contributed by atoms with van der Waals surface area (Å²) in [7, 11) is 0. The molecule has 0 aliphatic carbocycles. The topological polar surface area (TPSA) is 75.4 Å². The lowest BCUT2D eigenvalue weighted by Gasteiger charge is -2.31. The Labute approximate surface area is 148 Å². The van der Waals surface area contributed by atoms with Crippen molar-refractivity contribution < 1.29 is 9.59 Å². The van der Waals surface area contributed by atoms with Gasteiger partial charge in [-0.2, -0.15) is 0 Å². The minimum Gasteiger partial charge on any atom is -0.350 e. The lowest BCUT2D eigenvalue weighted by Crippen LogP contribution is -2.48. The van der Waals surface area contributed by atoms with Gasteiger partial charge in [-0.1, -0.05) is 23.7 Å². The van der Waals surface area contributed by atoms with Crippen molar-refractivity contribution in [3.8, 4) is 0 Å². The average Bonchev–Trinajstić information content (AvgIpc) is 2.70. The second-order valence-corrected chi connectivity index (χ2v) is 6.64. The summed E-state index contributed by atoms with van der Waals surface area (Å²) in [6, 6.07) is 7.41. The van der Waals surface area contributed by atoms with E-state index in [1.807, 2.05) is 32.0 Å². The molecule has 1 aliphatic heterocycles. The van der Waals surface area contributed by atoms with E-state index in [0.29, 0.717) is 24.7 Å². The Morgan fingerprint density at radius 1 is 1.48 bits per heavy atom. The molecule has 1 heterocycles. The van der Waals surface area contributed by atoms with Crippen molar-refractivity contribution in [1.29, 1.82) is 0 Å². The van der Waals surface area contributed by atoms with Crippen LogP contribution in [0.3, 0.4) is 0 Å². The number of halogens is 2. The zero-order valence-electron chi connectivity index (χ0n) is 13.3. The number of amides is 2. The Morgan fingerprint density at radius 2 is 2.17 bits per heavy atom. The number of carbonyl (C=O) groups excluding carboxylic acids is 2. The Balaban J connectivity index is 0.00000264. The number of nitrogens with one attached hydrogen (secondary N) is 1. The van der Waals surface area contributed by atoms with Gasteiger partial charge in [-0.3, -0.25) is 9.59 Å². The summed E-state index contributed by atoms with van der Waals surface area (Å²) in [5.41, 5.74) is 6.06. The van der Waals surface area contributed by atoms with Gasteiger partial charge in [-0.25, -0.2) is 0 Å². The van der Waals surface area contributed by atoms with E-state index in [4.69, 9.17) is 17.3 Å². The van der Waals surface area contributed by atoms with Gasteiger partial charge in [-0.15, -0.1) is 12.4 Å². The monoisotopic (exact) mass is 359 g/mol. The number of nitrogens with zero attached hydrogens (tertiary/aromatic N) is 1. The molecule has 2 rings (SSSR count). The molecule has 1 aromatic rings. The van der Waals surface area contributed by atoms with E-state index in [1.165, 1.54) is 0 Å². The molecule has 23 heavy (non-hydrogen) atoms. The molecule has 1 unspecified atom stereocenters. The maximum atomic E-state index is 12.8. The first-order valence-electron chi connectivity index (χ1n) is 7.38. The normalized spacial score (nSPS) is 19.0. The summed E-state index contributed by atoms with van der Waals surface area (Å²) < 4.78 is 0. The molecule has 5 nitrogen and oxygen atoms in total. The number of carbonyl (C=O) groups is 2. The number of benzene rings is 1. The maximum absolute atomic E-state index is 12.8. The molecule has 2 amide bonds. The zero-order valence-corrected chi connectivity index (χ0v) is 14.9. The number of hydrogen-bond acceptors (Lipinski definition) is 3. The van der Waals surface area contributed by atoms with Crippen LogP contribution in [0.1, 0.15) is 25.8 Å². The van der Waals surface area contributed by atoms with E-state index < -0.39 is 5.54 Å². The van der Waals surface area contributed by atoms with Crippen LogP contribution in [0, 0.1) is 5.92 Å². The van der Waals surface area contributed by atoms with Gasteiger partial charge in [0.05, 0.1) is 5.92 Å². The molecule has 0 saturated carbocycles. The molecular formula is C16H23Cl2N3O2. The molecule has 1 atom stereocenters. The van der Waals surface area contributed by atoms with Gasteiger partial charge in [0.25, 0.3) is 0 Å². The van der Waals surface area contributed by atoms with Gasteiger partial charge >= 0.3 is 0 Å². The first kappa shape index (κ1) is 19.7. The van der Waals surface area contributed by atoms with Crippen molar-refractivity contribution in [3.05, 3.63) is 34.9 Å². The molecule has 0 spiro atoms. The zero-order chi connectivity index (χ0) is 16.3. The van der Waals surface area contributed by atoms with Crippen LogP contribution in [0.25, 0.3) is 0 Å². The third kappa shape index (κ3) is 4.83. The molecule has 0 bridgehead atoms. The fourth-order valence-electron chi connectivity index (χ4n) is 2.83. The summed E-state index contributed by atoms with van der Waals surface area (Å²) in [4.78, 5) is 26.2. The van der Waals surface area contributed by atoms with Gasteiger partial charge in [-0.05, 0) is 31.5 Å². The smallest absolute Gasteiger partial charge is 0.228 e. The first-order chi connectivity index (χ1) is 10.3. The van der Waals surface area contributed by atoms with Crippen molar-refractivity contribution in [1.82, 2.24) is 10.2 Å². The SMILES string of the molecule is CC1(C)NC(=O)CC1C(=O)N(CCN)Cc1cccc(Cl)c1.Cl. The van der Waals surface area contributed by atoms with Gasteiger partial charge in [0.15, 0.2) is 0 Å². The van der Waals surface area contributed by atoms with Crippen LogP contribution in [0.5, 0.6) is 0 Å². The molecule has 128 valence electrons. The molecule has 1 aliphatic rings. The van der Waals surface area contributed by atoms with Crippen LogP contribution in [-0.2, 0) is 16.1 Å². The van der Waals surface area contributed by atoms with Crippen molar-refractivity contribution >= 4 is 35.8 Å². The van der Waals surface area contributed by atoms with Gasteiger partial charge in [0.2, 0.25) is 11.8 Å². The maximum Gasteiger partial charge on any atom is 0.228 e. The van der Waals surface area contributed by atoms with Crippen LogP contribution in [0.2, 0.25) is 5.02 Å². The number of hydrogen-bond donors (Lipinski definition) is 2. The molecule has 0 aromatic heterocycles. The number of nitrogens with two attached hydrogens (primary N) is 1. The highest BCUT2D eigenvalue weighted by atomic mass is 35.5. The molecule has 1 fully saturated rings. The van der Waals surface area contributed by atoms with Crippen molar-refractivity contribution in [2.75, 3.05) is 13.1 Å². The molecule has 3 N–H and O–H groups in total. The first-order valence-corrected chi connectivity index (χ1v) is 7.75. The quantitative estimate of drug-likeness (QED) is 0.843. The third-order valence-electron chi connectivity index (χ3n) is 3.99. The van der Waals surface area contributed by atoms with E-state index in [1.54, 1.807) is 11.0 Å². The van der Waals surface area contributed by atoms with Gasteiger partial charge in [0, 0.05) is 36.6 Å². The minimum absolute atomic E-state index is 0. The fraction of sp³-hybridized carbons (Fsp3) is 0.500. The second kappa shape index (κ2) is 7.99. The Morgan fingerprint density at radius 3 is 2.70 bits per heavy atom. The Hall–Kier alpha value is -1.30. The third-order valence-corrected chi connectivity index (χ3v) is 4.23.